The van der Waals surface area contributed by atoms with E-state index in [0.29, 0.717) is 6.10 Å². The molecule has 1 aliphatic heterocycles. The molecule has 0 radical (unpaired) electrons. The monoisotopic (exact) mass is 317 g/mol. The Morgan fingerprint density at radius 1 is 1.59 bits per heavy atom. The van der Waals surface area contributed by atoms with E-state index < -0.39 is 0 Å². The summed E-state index contributed by atoms with van der Waals surface area (Å²) in [7, 11) is 0. The predicted molar refractivity (Wildman–Crippen MR) is 72.5 cm³/mol. The van der Waals surface area contributed by atoms with Crippen LogP contribution in [0.4, 0.5) is 0 Å². The molecule has 0 N–H and O–H groups in total. The van der Waals surface area contributed by atoms with Gasteiger partial charge >= 0.3 is 0 Å². The minimum atomic E-state index is 0.321. The molecule has 0 saturated carbocycles. The van der Waals surface area contributed by atoms with Crippen LogP contribution in [0.15, 0.2) is 27.8 Å². The molecule has 1 fully saturated rings. The summed E-state index contributed by atoms with van der Waals surface area (Å²) in [4.78, 5) is 4.29. The molecule has 3 nitrogen and oxygen atoms in total. The Kier molecular flexibility index (Phi) is 5.77. The first-order valence-electron chi connectivity index (χ1n) is 5.79. The Labute approximate surface area is 114 Å². The summed E-state index contributed by atoms with van der Waals surface area (Å²) < 4.78 is 12.1. The lowest BCUT2D eigenvalue weighted by molar-refractivity contribution is 0.0226. The summed E-state index contributed by atoms with van der Waals surface area (Å²) in [5.41, 5.74) is 0. The highest BCUT2D eigenvalue weighted by atomic mass is 79.9. The lowest BCUT2D eigenvalue weighted by Crippen LogP contribution is -2.15. The van der Waals surface area contributed by atoms with Crippen LogP contribution in [0.3, 0.4) is 0 Å². The smallest absolute Gasteiger partial charge is 0.110 e. The maximum atomic E-state index is 5.59. The average Bonchev–Trinajstić information content (AvgIpc) is 2.84. The summed E-state index contributed by atoms with van der Waals surface area (Å²) >= 11 is 5.18. The van der Waals surface area contributed by atoms with E-state index in [1.54, 1.807) is 18.0 Å². The molecule has 0 aliphatic carbocycles. The van der Waals surface area contributed by atoms with E-state index in [0.717, 1.165) is 41.5 Å². The van der Waals surface area contributed by atoms with Gasteiger partial charge in [-0.3, -0.25) is 0 Å². The van der Waals surface area contributed by atoms with Gasteiger partial charge in [-0.05, 0) is 40.9 Å². The fraction of sp³-hybridized carbons (Fsp3) is 0.583. The van der Waals surface area contributed by atoms with E-state index >= 15 is 0 Å². The van der Waals surface area contributed by atoms with Crippen LogP contribution >= 0.6 is 27.7 Å². The van der Waals surface area contributed by atoms with E-state index in [4.69, 9.17) is 9.47 Å². The first-order chi connectivity index (χ1) is 8.36. The number of nitrogens with zero attached hydrogens (tertiary/aromatic N) is 1. The second kappa shape index (κ2) is 7.36. The van der Waals surface area contributed by atoms with Crippen molar-refractivity contribution >= 4 is 27.7 Å². The molecule has 94 valence electrons. The molecule has 1 aliphatic rings. The molecule has 0 spiro atoms. The molecule has 1 saturated heterocycles. The number of aromatic nitrogens is 1. The van der Waals surface area contributed by atoms with E-state index in [1.165, 1.54) is 6.42 Å². The predicted octanol–water partition coefficient (Wildman–Crippen LogP) is 3.13. The van der Waals surface area contributed by atoms with E-state index in [1.807, 2.05) is 12.1 Å². The van der Waals surface area contributed by atoms with Gasteiger partial charge in [-0.2, -0.15) is 0 Å². The number of rotatable bonds is 6. The summed E-state index contributed by atoms with van der Waals surface area (Å²) in [6.07, 6.45) is 4.43. The van der Waals surface area contributed by atoms with Crippen LogP contribution in [0, 0.1) is 0 Å². The van der Waals surface area contributed by atoms with E-state index in [2.05, 4.69) is 20.9 Å². The van der Waals surface area contributed by atoms with E-state index in [9.17, 15) is 0 Å². The molecule has 1 atom stereocenters. The van der Waals surface area contributed by atoms with Crippen LogP contribution in [-0.2, 0) is 9.47 Å². The Morgan fingerprint density at radius 3 is 3.29 bits per heavy atom. The maximum Gasteiger partial charge on any atom is 0.110 e. The zero-order valence-corrected chi connectivity index (χ0v) is 12.0. The van der Waals surface area contributed by atoms with Gasteiger partial charge in [0.05, 0.1) is 19.3 Å². The number of hydrogen-bond acceptors (Lipinski definition) is 4. The van der Waals surface area contributed by atoms with Gasteiger partial charge in [0.25, 0.3) is 0 Å². The third-order valence-electron chi connectivity index (χ3n) is 2.52. The van der Waals surface area contributed by atoms with Gasteiger partial charge in [0.15, 0.2) is 0 Å². The zero-order chi connectivity index (χ0) is 11.9. The lowest BCUT2D eigenvalue weighted by atomic mass is 10.2. The third kappa shape index (κ3) is 4.58. The molecule has 0 unspecified atom stereocenters. The largest absolute Gasteiger partial charge is 0.378 e. The third-order valence-corrected chi connectivity index (χ3v) is 4.39. The van der Waals surface area contributed by atoms with Crippen molar-refractivity contribution in [1.82, 2.24) is 4.98 Å². The topological polar surface area (TPSA) is 31.4 Å². The van der Waals surface area contributed by atoms with Crippen molar-refractivity contribution < 1.29 is 9.47 Å². The maximum absolute atomic E-state index is 5.59. The molecular formula is C12H16BrNO2S. The van der Waals surface area contributed by atoms with Gasteiger partial charge in [-0.25, -0.2) is 4.98 Å². The Hall–Kier alpha value is -0.100. The second-order valence-corrected chi connectivity index (χ2v) is 5.79. The molecule has 2 rings (SSSR count). The van der Waals surface area contributed by atoms with Crippen LogP contribution in [0.1, 0.15) is 12.8 Å². The molecule has 0 bridgehead atoms. The van der Waals surface area contributed by atoms with Crippen LogP contribution in [-0.4, -0.2) is 36.7 Å². The van der Waals surface area contributed by atoms with E-state index in [-0.39, 0.29) is 0 Å². The van der Waals surface area contributed by atoms with Crippen molar-refractivity contribution in [1.29, 1.82) is 0 Å². The average molecular weight is 318 g/mol. The molecule has 0 aromatic carbocycles. The van der Waals surface area contributed by atoms with Gasteiger partial charge in [-0.15, -0.1) is 11.8 Å². The van der Waals surface area contributed by atoms with Crippen molar-refractivity contribution in [3.8, 4) is 0 Å². The molecular weight excluding hydrogens is 302 g/mol. The van der Waals surface area contributed by atoms with Crippen LogP contribution in [0.25, 0.3) is 0 Å². The van der Waals surface area contributed by atoms with Gasteiger partial charge in [0.1, 0.15) is 5.03 Å². The standard InChI is InChI=1S/C12H16BrNO2S/c13-11-4-1-5-14-12(11)17-8-7-15-9-10-3-2-6-16-10/h1,4-5,10H,2-3,6-9H2/t10-/m1/s1. The minimum absolute atomic E-state index is 0.321. The lowest BCUT2D eigenvalue weighted by Gasteiger charge is -2.09. The molecule has 0 amide bonds. The highest BCUT2D eigenvalue weighted by Crippen LogP contribution is 2.24. The van der Waals surface area contributed by atoms with Crippen LogP contribution in [0.5, 0.6) is 0 Å². The van der Waals surface area contributed by atoms with Crippen LogP contribution in [0.2, 0.25) is 0 Å². The highest BCUT2D eigenvalue weighted by Gasteiger charge is 2.14. The zero-order valence-electron chi connectivity index (χ0n) is 9.60. The second-order valence-electron chi connectivity index (χ2n) is 3.85. The molecule has 5 heteroatoms. The van der Waals surface area contributed by atoms with Gasteiger partial charge in [0.2, 0.25) is 0 Å². The van der Waals surface area contributed by atoms with Gasteiger partial charge in [-0.1, -0.05) is 0 Å². The molecule has 17 heavy (non-hydrogen) atoms. The fourth-order valence-corrected chi connectivity index (χ4v) is 3.00. The Balaban J connectivity index is 1.58. The highest BCUT2D eigenvalue weighted by molar-refractivity contribution is 9.10. The van der Waals surface area contributed by atoms with Crippen LogP contribution < -0.4 is 0 Å². The number of ether oxygens (including phenoxy) is 2. The first kappa shape index (κ1) is 13.3. The number of pyridine rings is 1. The quantitative estimate of drug-likeness (QED) is 0.596. The van der Waals surface area contributed by atoms with Crippen molar-refractivity contribution in [2.45, 2.75) is 24.0 Å². The van der Waals surface area contributed by atoms with Gasteiger partial charge < -0.3 is 9.47 Å². The summed E-state index contributed by atoms with van der Waals surface area (Å²) in [6, 6.07) is 3.92. The molecule has 2 heterocycles. The Morgan fingerprint density at radius 2 is 2.53 bits per heavy atom. The van der Waals surface area contributed by atoms with Crippen molar-refractivity contribution in [2.24, 2.45) is 0 Å². The fourth-order valence-electron chi connectivity index (χ4n) is 1.67. The summed E-state index contributed by atoms with van der Waals surface area (Å²) in [5.74, 6) is 0.919. The normalized spacial score (nSPS) is 19.7. The van der Waals surface area contributed by atoms with Crippen molar-refractivity contribution in [2.75, 3.05) is 25.6 Å². The number of thioether (sulfide) groups is 1. The van der Waals surface area contributed by atoms with Crippen molar-refractivity contribution in [3.05, 3.63) is 22.8 Å². The number of halogens is 1. The SMILES string of the molecule is Brc1cccnc1SCCOC[C@H]1CCCO1. The summed E-state index contributed by atoms with van der Waals surface area (Å²) in [6.45, 7) is 2.36. The summed E-state index contributed by atoms with van der Waals surface area (Å²) in [5, 5.41) is 1.02. The first-order valence-corrected chi connectivity index (χ1v) is 7.57. The van der Waals surface area contributed by atoms with Crippen molar-refractivity contribution in [3.63, 3.8) is 0 Å². The molecule has 1 aromatic heterocycles. The minimum Gasteiger partial charge on any atom is -0.378 e. The van der Waals surface area contributed by atoms with Gasteiger partial charge in [0, 0.05) is 23.0 Å². The Bertz CT molecular complexity index is 345. The molecule has 1 aromatic rings. The number of hydrogen-bond donors (Lipinski definition) is 0.